The summed E-state index contributed by atoms with van der Waals surface area (Å²) in [5, 5.41) is 4.38. The van der Waals surface area contributed by atoms with Crippen LogP contribution in [0.3, 0.4) is 0 Å². The van der Waals surface area contributed by atoms with E-state index < -0.39 is 10.0 Å². The van der Waals surface area contributed by atoms with E-state index in [1.54, 1.807) is 48.5 Å². The van der Waals surface area contributed by atoms with Crippen molar-refractivity contribution in [2.24, 2.45) is 5.10 Å². The molecule has 4 rings (SSSR count). The summed E-state index contributed by atoms with van der Waals surface area (Å²) in [7, 11) is -3.85. The number of hydrogen-bond acceptors (Lipinski definition) is 5. The molecule has 1 amide bonds. The minimum Gasteiger partial charge on any atom is -0.459 e. The molecule has 184 valence electrons. The topological polar surface area (TPSA) is 92.0 Å². The van der Waals surface area contributed by atoms with Gasteiger partial charge in [-0.25, -0.2) is 13.8 Å². The highest BCUT2D eigenvalue weighted by molar-refractivity contribution is 7.89. The van der Waals surface area contributed by atoms with E-state index in [1.807, 2.05) is 37.3 Å². The van der Waals surface area contributed by atoms with E-state index in [0.717, 1.165) is 11.1 Å². The van der Waals surface area contributed by atoms with E-state index in [0.29, 0.717) is 22.1 Å². The fraction of sp³-hybridized carbons (Fsp3) is 0.111. The Kier molecular flexibility index (Phi) is 8.00. The number of hydrazone groups is 1. The van der Waals surface area contributed by atoms with Crippen LogP contribution < -0.4 is 5.43 Å². The molecule has 0 aliphatic carbocycles. The molecule has 1 aromatic heterocycles. The molecule has 0 saturated carbocycles. The van der Waals surface area contributed by atoms with E-state index in [2.05, 4.69) is 10.5 Å². The van der Waals surface area contributed by atoms with Crippen LogP contribution in [0.4, 0.5) is 0 Å². The number of halogens is 1. The van der Waals surface area contributed by atoms with Crippen molar-refractivity contribution in [2.75, 3.05) is 0 Å². The number of carbonyl (C=O) groups excluding carboxylic acids is 1. The maximum absolute atomic E-state index is 13.5. The molecule has 0 radical (unpaired) electrons. The minimum absolute atomic E-state index is 0.00303. The Morgan fingerprint density at radius 3 is 2.33 bits per heavy atom. The Morgan fingerprint density at radius 1 is 0.944 bits per heavy atom. The average Bonchev–Trinajstić information content (AvgIpc) is 3.33. The van der Waals surface area contributed by atoms with Crippen molar-refractivity contribution in [1.82, 2.24) is 9.73 Å². The third-order valence-electron chi connectivity index (χ3n) is 5.34. The van der Waals surface area contributed by atoms with Crippen LogP contribution in [0.2, 0.25) is 5.02 Å². The monoisotopic (exact) mass is 521 g/mol. The molecule has 1 N–H and O–H groups in total. The number of nitrogens with one attached hydrogen (secondary N) is 1. The van der Waals surface area contributed by atoms with Crippen LogP contribution in [-0.2, 0) is 23.1 Å². The first kappa shape index (κ1) is 25.4. The number of hydrogen-bond donors (Lipinski definition) is 1. The van der Waals surface area contributed by atoms with Gasteiger partial charge in [0.25, 0.3) is 5.91 Å². The Bertz CT molecular complexity index is 1450. The molecule has 0 spiro atoms. The van der Waals surface area contributed by atoms with Crippen LogP contribution in [0.25, 0.3) is 0 Å². The van der Waals surface area contributed by atoms with Crippen LogP contribution >= 0.6 is 11.6 Å². The largest absolute Gasteiger partial charge is 0.459 e. The molecular weight excluding hydrogens is 498 g/mol. The summed E-state index contributed by atoms with van der Waals surface area (Å²) in [6, 6.07) is 25.8. The predicted octanol–water partition coefficient (Wildman–Crippen LogP) is 5.40. The van der Waals surface area contributed by atoms with Gasteiger partial charge in [0.2, 0.25) is 10.0 Å². The van der Waals surface area contributed by atoms with Gasteiger partial charge in [-0.05, 0) is 61.0 Å². The first-order chi connectivity index (χ1) is 17.3. The van der Waals surface area contributed by atoms with Crippen LogP contribution in [-0.4, -0.2) is 24.8 Å². The van der Waals surface area contributed by atoms with Crippen molar-refractivity contribution in [1.29, 1.82) is 0 Å². The zero-order valence-corrected chi connectivity index (χ0v) is 21.0. The maximum atomic E-state index is 13.5. The molecule has 4 aromatic rings. The maximum Gasteiger partial charge on any atom is 0.271 e. The Morgan fingerprint density at radius 2 is 1.64 bits per heavy atom. The number of sulfonamides is 1. The van der Waals surface area contributed by atoms with Crippen molar-refractivity contribution in [3.8, 4) is 0 Å². The van der Waals surface area contributed by atoms with Crippen LogP contribution in [0.5, 0.6) is 0 Å². The highest BCUT2D eigenvalue weighted by Gasteiger charge is 2.26. The van der Waals surface area contributed by atoms with Crippen molar-refractivity contribution in [3.63, 3.8) is 0 Å². The van der Waals surface area contributed by atoms with Crippen LogP contribution in [0.1, 0.15) is 33.0 Å². The average molecular weight is 522 g/mol. The number of nitrogens with zero attached hydrogens (tertiary/aromatic N) is 2. The molecule has 7 nitrogen and oxygen atoms in total. The summed E-state index contributed by atoms with van der Waals surface area (Å²) in [6.07, 6.45) is 1.36. The van der Waals surface area contributed by atoms with E-state index >= 15 is 0 Å². The lowest BCUT2D eigenvalue weighted by Gasteiger charge is -2.21. The molecule has 0 unspecified atom stereocenters. The molecular formula is C27H24ClN3O4S. The SMILES string of the molecule is Cc1ccc(CN(Cc2ccc(/C=N\NC(=O)c3ccccc3)o2)S(=O)(=O)c2ccc(Cl)cc2)cc1. The first-order valence-corrected chi connectivity index (χ1v) is 12.9. The number of aryl methyl sites for hydroxylation is 1. The van der Waals surface area contributed by atoms with Crippen molar-refractivity contribution in [3.05, 3.63) is 124 Å². The lowest BCUT2D eigenvalue weighted by molar-refractivity contribution is 0.0955. The zero-order chi connectivity index (χ0) is 25.5. The summed E-state index contributed by atoms with van der Waals surface area (Å²) < 4.78 is 34.1. The van der Waals surface area contributed by atoms with Gasteiger partial charge in [0.1, 0.15) is 11.5 Å². The molecule has 9 heteroatoms. The highest BCUT2D eigenvalue weighted by atomic mass is 35.5. The number of amides is 1. The lowest BCUT2D eigenvalue weighted by Crippen LogP contribution is -2.30. The molecule has 0 atom stereocenters. The van der Waals surface area contributed by atoms with Gasteiger partial charge in [-0.3, -0.25) is 4.79 Å². The van der Waals surface area contributed by atoms with Gasteiger partial charge in [0.15, 0.2) is 0 Å². The number of rotatable bonds is 9. The van der Waals surface area contributed by atoms with Gasteiger partial charge in [-0.15, -0.1) is 0 Å². The quantitative estimate of drug-likeness (QED) is 0.236. The molecule has 0 aliphatic rings. The predicted molar refractivity (Wildman–Crippen MR) is 139 cm³/mol. The van der Waals surface area contributed by atoms with Crippen LogP contribution in [0, 0.1) is 6.92 Å². The summed E-state index contributed by atoms with van der Waals surface area (Å²) in [5.41, 5.74) is 4.85. The fourth-order valence-electron chi connectivity index (χ4n) is 3.41. The van der Waals surface area contributed by atoms with Crippen molar-refractivity contribution in [2.45, 2.75) is 24.9 Å². The zero-order valence-electron chi connectivity index (χ0n) is 19.5. The third-order valence-corrected chi connectivity index (χ3v) is 7.40. The molecule has 0 fully saturated rings. The second-order valence-corrected chi connectivity index (χ2v) is 10.5. The van der Waals surface area contributed by atoms with Gasteiger partial charge in [-0.1, -0.05) is 59.6 Å². The second kappa shape index (κ2) is 11.3. The van der Waals surface area contributed by atoms with Crippen molar-refractivity contribution >= 4 is 33.7 Å². The third kappa shape index (κ3) is 6.48. The minimum atomic E-state index is -3.85. The normalized spacial score (nSPS) is 11.8. The van der Waals surface area contributed by atoms with Gasteiger partial charge in [0.05, 0.1) is 17.7 Å². The summed E-state index contributed by atoms with van der Waals surface area (Å²) in [4.78, 5) is 12.2. The Balaban J connectivity index is 1.51. The second-order valence-electron chi connectivity index (χ2n) is 8.08. The first-order valence-electron chi connectivity index (χ1n) is 11.1. The number of furan rings is 1. The summed E-state index contributed by atoms with van der Waals surface area (Å²) in [6.45, 7) is 2.13. The van der Waals surface area contributed by atoms with E-state index in [4.69, 9.17) is 16.0 Å². The summed E-state index contributed by atoms with van der Waals surface area (Å²) >= 11 is 5.95. The molecule has 3 aromatic carbocycles. The van der Waals surface area contributed by atoms with Gasteiger partial charge in [0, 0.05) is 17.1 Å². The standard InChI is InChI=1S/C27H24ClN3O4S/c1-20-7-9-21(10-8-20)18-31(36(33,34)26-15-11-23(28)12-16-26)19-25-14-13-24(35-25)17-29-30-27(32)22-5-3-2-4-6-22/h2-17H,18-19H2,1H3,(H,30,32)/b29-17-. The van der Waals surface area contributed by atoms with E-state index in [1.165, 1.54) is 22.7 Å². The number of benzene rings is 3. The molecule has 0 aliphatic heterocycles. The Labute approximate surface area is 215 Å². The van der Waals surface area contributed by atoms with Gasteiger partial charge in [-0.2, -0.15) is 9.41 Å². The molecule has 0 saturated heterocycles. The smallest absolute Gasteiger partial charge is 0.271 e. The van der Waals surface area contributed by atoms with Gasteiger partial charge < -0.3 is 4.42 Å². The van der Waals surface area contributed by atoms with E-state index in [-0.39, 0.29) is 23.9 Å². The van der Waals surface area contributed by atoms with E-state index in [9.17, 15) is 13.2 Å². The number of carbonyl (C=O) groups is 1. The lowest BCUT2D eigenvalue weighted by atomic mass is 10.1. The molecule has 0 bridgehead atoms. The van der Waals surface area contributed by atoms with Gasteiger partial charge >= 0.3 is 0 Å². The Hall–Kier alpha value is -3.72. The molecule has 1 heterocycles. The van der Waals surface area contributed by atoms with Crippen LogP contribution in [0.15, 0.2) is 105 Å². The summed E-state index contributed by atoms with van der Waals surface area (Å²) in [5.74, 6) is 0.449. The molecule has 36 heavy (non-hydrogen) atoms. The van der Waals surface area contributed by atoms with Crippen molar-refractivity contribution < 1.29 is 17.6 Å². The fourth-order valence-corrected chi connectivity index (χ4v) is 4.93. The highest BCUT2D eigenvalue weighted by Crippen LogP contribution is 2.23.